The second kappa shape index (κ2) is 7.04. The molecule has 0 aromatic heterocycles. The molecule has 2 aliphatic heterocycles. The van der Waals surface area contributed by atoms with Gasteiger partial charge in [-0.25, -0.2) is 0 Å². The van der Waals surface area contributed by atoms with E-state index >= 15 is 0 Å². The van der Waals surface area contributed by atoms with Crippen molar-refractivity contribution in [2.45, 2.75) is 39.0 Å². The molecule has 0 aliphatic carbocycles. The molecule has 0 spiro atoms. The molecule has 124 valence electrons. The average Bonchev–Trinajstić information content (AvgIpc) is 2.74. The maximum absolute atomic E-state index is 12.7. The third-order valence-electron chi connectivity index (χ3n) is 4.79. The molecule has 0 saturated carbocycles. The first kappa shape index (κ1) is 16.5. The molecule has 2 fully saturated rings. The number of aryl methyl sites for hydroxylation is 1. The molecule has 4 nitrogen and oxygen atoms in total. The second-order valence-corrected chi connectivity index (χ2v) is 7.45. The van der Waals surface area contributed by atoms with Crippen molar-refractivity contribution >= 4 is 33.4 Å². The van der Waals surface area contributed by atoms with Gasteiger partial charge in [0.25, 0.3) is 0 Å². The van der Waals surface area contributed by atoms with E-state index in [1.165, 1.54) is 12.8 Å². The smallest absolute Gasteiger partial charge is 0.228 e. The molecule has 3 rings (SSSR count). The summed E-state index contributed by atoms with van der Waals surface area (Å²) >= 11 is 3.54. The average molecular weight is 379 g/mol. The van der Waals surface area contributed by atoms with Crippen molar-refractivity contribution in [3.8, 4) is 0 Å². The van der Waals surface area contributed by atoms with E-state index < -0.39 is 0 Å². The quantitative estimate of drug-likeness (QED) is 0.789. The number of amides is 2. The highest BCUT2D eigenvalue weighted by molar-refractivity contribution is 9.10. The number of rotatable bonds is 2. The molecule has 1 unspecified atom stereocenters. The second-order valence-electron chi connectivity index (χ2n) is 6.60. The van der Waals surface area contributed by atoms with E-state index in [0.717, 1.165) is 41.7 Å². The Hall–Kier alpha value is -1.36. The van der Waals surface area contributed by atoms with Crippen molar-refractivity contribution in [1.29, 1.82) is 0 Å². The molecule has 5 heteroatoms. The zero-order valence-electron chi connectivity index (χ0n) is 13.6. The minimum atomic E-state index is -0.200. The summed E-state index contributed by atoms with van der Waals surface area (Å²) in [5.74, 6) is 0.00233. The predicted molar refractivity (Wildman–Crippen MR) is 94.4 cm³/mol. The van der Waals surface area contributed by atoms with Crippen LogP contribution in [0.15, 0.2) is 22.7 Å². The predicted octanol–water partition coefficient (Wildman–Crippen LogP) is 3.51. The zero-order chi connectivity index (χ0) is 16.4. The van der Waals surface area contributed by atoms with Gasteiger partial charge < -0.3 is 9.80 Å². The molecular formula is C18H23BrN2O2. The zero-order valence-corrected chi connectivity index (χ0v) is 15.1. The SMILES string of the molecule is Cc1ccc(N2CC(C(=O)N3CCCCCC3)CC2=O)c(Br)c1. The van der Waals surface area contributed by atoms with E-state index in [4.69, 9.17) is 0 Å². The van der Waals surface area contributed by atoms with Gasteiger partial charge in [-0.05, 0) is 53.4 Å². The van der Waals surface area contributed by atoms with Crippen molar-refractivity contribution in [2.75, 3.05) is 24.5 Å². The summed E-state index contributed by atoms with van der Waals surface area (Å²) in [6.45, 7) is 4.21. The number of carbonyl (C=O) groups excluding carboxylic acids is 2. The third kappa shape index (κ3) is 3.60. The van der Waals surface area contributed by atoms with Gasteiger partial charge in [0.05, 0.1) is 11.6 Å². The minimum absolute atomic E-state index is 0.0442. The van der Waals surface area contributed by atoms with Gasteiger partial charge in [0.1, 0.15) is 0 Å². The summed E-state index contributed by atoms with van der Waals surface area (Å²) in [4.78, 5) is 28.9. The number of halogens is 1. The monoisotopic (exact) mass is 378 g/mol. The Balaban J connectivity index is 1.72. The van der Waals surface area contributed by atoms with Crippen LogP contribution >= 0.6 is 15.9 Å². The van der Waals surface area contributed by atoms with Crippen LogP contribution in [0, 0.1) is 12.8 Å². The summed E-state index contributed by atoms with van der Waals surface area (Å²) in [5, 5.41) is 0. The number of hydrogen-bond donors (Lipinski definition) is 0. The van der Waals surface area contributed by atoms with Crippen molar-refractivity contribution in [2.24, 2.45) is 5.92 Å². The van der Waals surface area contributed by atoms with Crippen molar-refractivity contribution in [1.82, 2.24) is 4.90 Å². The Morgan fingerprint density at radius 1 is 1.17 bits per heavy atom. The molecule has 0 N–H and O–H groups in total. The van der Waals surface area contributed by atoms with Crippen LogP contribution in [-0.4, -0.2) is 36.3 Å². The number of anilines is 1. The summed E-state index contributed by atoms with van der Waals surface area (Å²) in [6.07, 6.45) is 4.90. The van der Waals surface area contributed by atoms with E-state index in [9.17, 15) is 9.59 Å². The standard InChI is InChI=1S/C18H23BrN2O2/c1-13-6-7-16(15(19)10-13)21-12-14(11-17(21)22)18(23)20-8-4-2-3-5-9-20/h6-7,10,14H,2-5,8-9,11-12H2,1H3. The summed E-state index contributed by atoms with van der Waals surface area (Å²) < 4.78 is 0.911. The van der Waals surface area contributed by atoms with Crippen LogP contribution < -0.4 is 4.90 Å². The Labute approximate surface area is 146 Å². The fraction of sp³-hybridized carbons (Fsp3) is 0.556. The van der Waals surface area contributed by atoms with E-state index in [1.54, 1.807) is 4.90 Å². The fourth-order valence-electron chi connectivity index (χ4n) is 3.49. The van der Waals surface area contributed by atoms with Gasteiger partial charge in [-0.3, -0.25) is 9.59 Å². The Kier molecular flexibility index (Phi) is 5.05. The van der Waals surface area contributed by atoms with Gasteiger partial charge in [0.15, 0.2) is 0 Å². The lowest BCUT2D eigenvalue weighted by Crippen LogP contribution is -2.38. The maximum Gasteiger partial charge on any atom is 0.228 e. The molecule has 2 heterocycles. The van der Waals surface area contributed by atoms with E-state index in [2.05, 4.69) is 15.9 Å². The number of likely N-dealkylation sites (tertiary alicyclic amines) is 1. The first-order valence-corrected chi connectivity index (χ1v) is 9.21. The number of hydrogen-bond acceptors (Lipinski definition) is 2. The highest BCUT2D eigenvalue weighted by Crippen LogP contribution is 2.33. The van der Waals surface area contributed by atoms with Gasteiger partial charge in [0.2, 0.25) is 11.8 Å². The van der Waals surface area contributed by atoms with Crippen LogP contribution in [0.1, 0.15) is 37.7 Å². The molecule has 0 radical (unpaired) electrons. The molecule has 23 heavy (non-hydrogen) atoms. The van der Waals surface area contributed by atoms with Crippen LogP contribution in [0.3, 0.4) is 0 Å². The van der Waals surface area contributed by atoms with E-state index in [0.29, 0.717) is 13.0 Å². The lowest BCUT2D eigenvalue weighted by molar-refractivity contribution is -0.135. The first-order chi connectivity index (χ1) is 11.1. The largest absolute Gasteiger partial charge is 0.342 e. The van der Waals surface area contributed by atoms with Gasteiger partial charge >= 0.3 is 0 Å². The lowest BCUT2D eigenvalue weighted by atomic mass is 10.1. The van der Waals surface area contributed by atoms with Gasteiger partial charge in [-0.15, -0.1) is 0 Å². The van der Waals surface area contributed by atoms with Crippen LogP contribution in [0.5, 0.6) is 0 Å². The number of benzene rings is 1. The van der Waals surface area contributed by atoms with Crippen molar-refractivity contribution < 1.29 is 9.59 Å². The highest BCUT2D eigenvalue weighted by atomic mass is 79.9. The van der Waals surface area contributed by atoms with Gasteiger partial charge in [0, 0.05) is 30.5 Å². The van der Waals surface area contributed by atoms with Crippen molar-refractivity contribution in [3.63, 3.8) is 0 Å². The molecule has 0 bridgehead atoms. The molecule has 2 aliphatic rings. The summed E-state index contributed by atoms with van der Waals surface area (Å²) in [5.41, 5.74) is 2.01. The third-order valence-corrected chi connectivity index (χ3v) is 5.42. The molecule has 1 aromatic carbocycles. The van der Waals surface area contributed by atoms with Crippen LogP contribution in [-0.2, 0) is 9.59 Å². The van der Waals surface area contributed by atoms with E-state index in [-0.39, 0.29) is 17.7 Å². The maximum atomic E-state index is 12.7. The molecule has 1 aromatic rings. The highest BCUT2D eigenvalue weighted by Gasteiger charge is 2.37. The van der Waals surface area contributed by atoms with E-state index in [1.807, 2.05) is 30.0 Å². The Bertz CT molecular complexity index is 609. The Morgan fingerprint density at radius 3 is 2.52 bits per heavy atom. The van der Waals surface area contributed by atoms with Crippen LogP contribution in [0.25, 0.3) is 0 Å². The Morgan fingerprint density at radius 2 is 1.87 bits per heavy atom. The van der Waals surface area contributed by atoms with Crippen LogP contribution in [0.4, 0.5) is 5.69 Å². The molecule has 2 saturated heterocycles. The van der Waals surface area contributed by atoms with Crippen LogP contribution in [0.2, 0.25) is 0 Å². The molecule has 2 amide bonds. The fourth-order valence-corrected chi connectivity index (χ4v) is 4.19. The first-order valence-electron chi connectivity index (χ1n) is 8.41. The number of carbonyl (C=O) groups is 2. The number of nitrogens with zero attached hydrogens (tertiary/aromatic N) is 2. The normalized spacial score (nSPS) is 22.3. The summed E-state index contributed by atoms with van der Waals surface area (Å²) in [7, 11) is 0. The summed E-state index contributed by atoms with van der Waals surface area (Å²) in [6, 6.07) is 5.96. The van der Waals surface area contributed by atoms with Gasteiger partial charge in [-0.2, -0.15) is 0 Å². The molecule has 1 atom stereocenters. The van der Waals surface area contributed by atoms with Crippen molar-refractivity contribution in [3.05, 3.63) is 28.2 Å². The topological polar surface area (TPSA) is 40.6 Å². The molecular weight excluding hydrogens is 356 g/mol. The minimum Gasteiger partial charge on any atom is -0.342 e. The lowest BCUT2D eigenvalue weighted by Gasteiger charge is -2.24. The van der Waals surface area contributed by atoms with Gasteiger partial charge in [-0.1, -0.05) is 18.9 Å².